The summed E-state index contributed by atoms with van der Waals surface area (Å²) in [5, 5.41) is 0.712. The van der Waals surface area contributed by atoms with Crippen LogP contribution in [0.3, 0.4) is 0 Å². The quantitative estimate of drug-likeness (QED) is 0.367. The normalized spacial score (nSPS) is 10.8. The third-order valence-corrected chi connectivity index (χ3v) is 5.80. The van der Waals surface area contributed by atoms with Crippen molar-refractivity contribution in [3.8, 4) is 22.7 Å². The van der Waals surface area contributed by atoms with Gasteiger partial charge in [0.25, 0.3) is 0 Å². The highest BCUT2D eigenvalue weighted by Gasteiger charge is 2.16. The average molecular weight is 439 g/mol. The molecule has 1 heterocycles. The number of halogens is 1. The number of ether oxygens (including phenoxy) is 1. The minimum atomic E-state index is 0.214. The van der Waals surface area contributed by atoms with Gasteiger partial charge in [0, 0.05) is 35.9 Å². The van der Waals surface area contributed by atoms with Crippen LogP contribution in [0.15, 0.2) is 60.7 Å². The molecule has 0 aliphatic heterocycles. The summed E-state index contributed by atoms with van der Waals surface area (Å²) in [4.78, 5) is 14.7. The van der Waals surface area contributed by atoms with E-state index >= 15 is 0 Å². The predicted molar refractivity (Wildman–Crippen MR) is 128 cm³/mol. The number of methoxy groups -OCH3 is 1. The van der Waals surface area contributed by atoms with Crippen molar-refractivity contribution in [2.24, 2.45) is 0 Å². The van der Waals surface area contributed by atoms with E-state index in [4.69, 9.17) is 16.3 Å². The molecule has 3 aromatic rings. The van der Waals surface area contributed by atoms with Gasteiger partial charge in [-0.15, -0.1) is 0 Å². The highest BCUT2D eigenvalue weighted by molar-refractivity contribution is 6.30. The standard InChI is InChI=1S/C26H31ClN2O2/c1-4-6-19-28(5-2)26(30)18-14-23-13-17-25(20-7-9-21(27)10-8-20)29(23)22-11-15-24(31-3)16-12-22/h7-13,15-17H,4-6,14,18-19H2,1-3H3. The Morgan fingerprint density at radius 1 is 1.00 bits per heavy atom. The van der Waals surface area contributed by atoms with Gasteiger partial charge in [0.05, 0.1) is 12.8 Å². The maximum Gasteiger partial charge on any atom is 0.222 e. The van der Waals surface area contributed by atoms with Crippen LogP contribution in [0.1, 0.15) is 38.8 Å². The van der Waals surface area contributed by atoms with Crippen LogP contribution in [0.25, 0.3) is 16.9 Å². The van der Waals surface area contributed by atoms with Crippen LogP contribution in [-0.4, -0.2) is 35.6 Å². The predicted octanol–water partition coefficient (Wildman–Crippen LogP) is 6.39. The Labute approximate surface area is 190 Å². The van der Waals surface area contributed by atoms with E-state index in [1.807, 2.05) is 60.4 Å². The SMILES string of the molecule is CCCCN(CC)C(=O)CCc1ccc(-c2ccc(Cl)cc2)n1-c1ccc(OC)cc1. The molecule has 0 saturated carbocycles. The van der Waals surface area contributed by atoms with Crippen molar-refractivity contribution < 1.29 is 9.53 Å². The Kier molecular flexibility index (Phi) is 8.19. The average Bonchev–Trinajstić information content (AvgIpc) is 3.22. The fraction of sp³-hybridized carbons (Fsp3) is 0.346. The zero-order valence-electron chi connectivity index (χ0n) is 18.6. The number of nitrogens with zero attached hydrogens (tertiary/aromatic N) is 2. The number of aryl methyl sites for hydroxylation is 1. The molecular weight excluding hydrogens is 408 g/mol. The van der Waals surface area contributed by atoms with Crippen molar-refractivity contribution in [2.75, 3.05) is 20.2 Å². The third-order valence-electron chi connectivity index (χ3n) is 5.54. The summed E-state index contributed by atoms with van der Waals surface area (Å²) < 4.78 is 7.54. The lowest BCUT2D eigenvalue weighted by atomic mass is 10.1. The zero-order valence-corrected chi connectivity index (χ0v) is 19.4. The lowest BCUT2D eigenvalue weighted by molar-refractivity contribution is -0.131. The van der Waals surface area contributed by atoms with Crippen LogP contribution in [0, 0.1) is 0 Å². The first-order valence-electron chi connectivity index (χ1n) is 11.0. The second kappa shape index (κ2) is 11.1. The van der Waals surface area contributed by atoms with Gasteiger partial charge in [0.1, 0.15) is 5.75 Å². The lowest BCUT2D eigenvalue weighted by Crippen LogP contribution is -2.32. The Morgan fingerprint density at radius 3 is 2.32 bits per heavy atom. The molecule has 1 aromatic heterocycles. The number of aromatic nitrogens is 1. The minimum absolute atomic E-state index is 0.214. The van der Waals surface area contributed by atoms with Crippen molar-refractivity contribution in [2.45, 2.75) is 39.5 Å². The Balaban J connectivity index is 1.90. The summed E-state index contributed by atoms with van der Waals surface area (Å²) in [6.45, 7) is 5.79. The van der Waals surface area contributed by atoms with Crippen LogP contribution in [-0.2, 0) is 11.2 Å². The Bertz CT molecular complexity index is 978. The number of rotatable bonds is 10. The molecule has 0 aliphatic carbocycles. The Morgan fingerprint density at radius 2 is 1.71 bits per heavy atom. The van der Waals surface area contributed by atoms with Crippen molar-refractivity contribution in [3.63, 3.8) is 0 Å². The molecule has 5 heteroatoms. The topological polar surface area (TPSA) is 34.5 Å². The number of unbranched alkanes of at least 4 members (excludes halogenated alkanes) is 1. The smallest absolute Gasteiger partial charge is 0.222 e. The molecule has 0 unspecified atom stereocenters. The van der Waals surface area contributed by atoms with Gasteiger partial charge in [0.15, 0.2) is 0 Å². The highest BCUT2D eigenvalue weighted by Crippen LogP contribution is 2.29. The fourth-order valence-corrected chi connectivity index (χ4v) is 3.88. The molecule has 0 N–H and O–H groups in total. The zero-order chi connectivity index (χ0) is 22.2. The van der Waals surface area contributed by atoms with Gasteiger partial charge in [-0.25, -0.2) is 0 Å². The number of hydrogen-bond acceptors (Lipinski definition) is 2. The molecule has 0 bridgehead atoms. The first-order valence-corrected chi connectivity index (χ1v) is 11.3. The highest BCUT2D eigenvalue weighted by atomic mass is 35.5. The van der Waals surface area contributed by atoms with Gasteiger partial charge in [0.2, 0.25) is 5.91 Å². The molecule has 0 fully saturated rings. The summed E-state index contributed by atoms with van der Waals surface area (Å²) in [6.07, 6.45) is 3.32. The number of carbonyl (C=O) groups excluding carboxylic acids is 1. The number of hydrogen-bond donors (Lipinski definition) is 0. The maximum atomic E-state index is 12.8. The summed E-state index contributed by atoms with van der Waals surface area (Å²) in [5.74, 6) is 1.03. The molecule has 1 amide bonds. The largest absolute Gasteiger partial charge is 0.497 e. The van der Waals surface area contributed by atoms with Crippen LogP contribution in [0.5, 0.6) is 5.75 Å². The summed E-state index contributed by atoms with van der Waals surface area (Å²) in [6, 6.07) is 20.1. The molecule has 0 aliphatic rings. The van der Waals surface area contributed by atoms with E-state index in [-0.39, 0.29) is 5.91 Å². The van der Waals surface area contributed by atoms with Crippen molar-refractivity contribution >= 4 is 17.5 Å². The lowest BCUT2D eigenvalue weighted by Gasteiger charge is -2.21. The first kappa shape index (κ1) is 23.0. The molecule has 0 atom stereocenters. The van der Waals surface area contributed by atoms with Crippen LogP contribution >= 0.6 is 11.6 Å². The van der Waals surface area contributed by atoms with E-state index in [2.05, 4.69) is 23.6 Å². The van der Waals surface area contributed by atoms with E-state index in [1.165, 1.54) is 0 Å². The second-order valence-electron chi connectivity index (χ2n) is 7.58. The van der Waals surface area contributed by atoms with Crippen molar-refractivity contribution in [1.82, 2.24) is 9.47 Å². The minimum Gasteiger partial charge on any atom is -0.497 e. The molecule has 3 rings (SSSR count). The first-order chi connectivity index (χ1) is 15.1. The van der Waals surface area contributed by atoms with Gasteiger partial charge in [-0.2, -0.15) is 0 Å². The summed E-state index contributed by atoms with van der Waals surface area (Å²) in [7, 11) is 1.67. The molecule has 2 aromatic carbocycles. The van der Waals surface area contributed by atoms with Crippen LogP contribution < -0.4 is 4.74 Å². The van der Waals surface area contributed by atoms with Crippen molar-refractivity contribution in [3.05, 3.63) is 71.4 Å². The Hall–Kier alpha value is -2.72. The van der Waals surface area contributed by atoms with E-state index in [0.717, 1.165) is 54.3 Å². The molecule has 0 radical (unpaired) electrons. The summed E-state index contributed by atoms with van der Waals surface area (Å²) in [5.41, 5.74) is 4.30. The molecule has 0 saturated heterocycles. The van der Waals surface area contributed by atoms with Crippen molar-refractivity contribution in [1.29, 1.82) is 0 Å². The summed E-state index contributed by atoms with van der Waals surface area (Å²) >= 11 is 6.10. The molecule has 4 nitrogen and oxygen atoms in total. The van der Waals surface area contributed by atoms with E-state index < -0.39 is 0 Å². The number of amides is 1. The second-order valence-corrected chi connectivity index (χ2v) is 8.01. The monoisotopic (exact) mass is 438 g/mol. The van der Waals surface area contributed by atoms with Crippen LogP contribution in [0.4, 0.5) is 0 Å². The van der Waals surface area contributed by atoms with E-state index in [9.17, 15) is 4.79 Å². The maximum absolute atomic E-state index is 12.8. The number of carbonyl (C=O) groups is 1. The molecule has 0 spiro atoms. The van der Waals surface area contributed by atoms with Gasteiger partial charge in [-0.3, -0.25) is 4.79 Å². The molecule has 164 valence electrons. The van der Waals surface area contributed by atoms with Crippen LogP contribution in [0.2, 0.25) is 5.02 Å². The van der Waals surface area contributed by atoms with Gasteiger partial charge in [-0.1, -0.05) is 37.1 Å². The van der Waals surface area contributed by atoms with E-state index in [0.29, 0.717) is 17.9 Å². The third kappa shape index (κ3) is 5.71. The molecule has 31 heavy (non-hydrogen) atoms. The van der Waals surface area contributed by atoms with Gasteiger partial charge >= 0.3 is 0 Å². The van der Waals surface area contributed by atoms with Gasteiger partial charge in [-0.05, 0) is 73.9 Å². The fourth-order valence-electron chi connectivity index (χ4n) is 3.76. The van der Waals surface area contributed by atoms with Gasteiger partial charge < -0.3 is 14.2 Å². The van der Waals surface area contributed by atoms with E-state index in [1.54, 1.807) is 7.11 Å². The molecular formula is C26H31ClN2O2. The number of benzene rings is 2.